The second-order valence-electron chi connectivity index (χ2n) is 4.99. The minimum absolute atomic E-state index is 0.303. The molecule has 0 aliphatic heterocycles. The smallest absolute Gasteiger partial charge is 0.322 e. The molecule has 2 N–H and O–H groups in total. The number of benzene rings is 1. The number of halogens is 1. The molecule has 22 heavy (non-hydrogen) atoms. The number of rotatable bonds is 6. The van der Waals surface area contributed by atoms with Crippen LogP contribution in [0.5, 0.6) is 0 Å². The van der Waals surface area contributed by atoms with Gasteiger partial charge in [0.15, 0.2) is 0 Å². The molecule has 1 aromatic carbocycles. The zero-order valence-electron chi connectivity index (χ0n) is 12.0. The second-order valence-corrected chi connectivity index (χ2v) is 6.70. The largest absolute Gasteiger partial charge is 0.480 e. The number of nitrogens with one attached hydrogen (secondary N) is 1. The average Bonchev–Trinajstić information content (AvgIpc) is 2.37. The van der Waals surface area contributed by atoms with Gasteiger partial charge in [0.25, 0.3) is 5.69 Å². The van der Waals surface area contributed by atoms with Crippen molar-refractivity contribution in [1.82, 2.24) is 4.72 Å². The molecule has 8 nitrogen and oxygen atoms in total. The summed E-state index contributed by atoms with van der Waals surface area (Å²) in [5, 5.41) is 19.8. The van der Waals surface area contributed by atoms with Crippen LogP contribution in [0.25, 0.3) is 0 Å². The summed E-state index contributed by atoms with van der Waals surface area (Å²) < 4.78 is 39.8. The molecule has 0 heterocycles. The third-order valence-corrected chi connectivity index (χ3v) is 4.43. The van der Waals surface area contributed by atoms with Gasteiger partial charge in [-0.1, -0.05) is 13.8 Å². The Morgan fingerprint density at radius 1 is 1.41 bits per heavy atom. The van der Waals surface area contributed by atoms with Crippen LogP contribution in [0.1, 0.15) is 19.4 Å². The highest BCUT2D eigenvalue weighted by Crippen LogP contribution is 2.25. The first-order valence-electron chi connectivity index (χ1n) is 6.17. The summed E-state index contributed by atoms with van der Waals surface area (Å²) >= 11 is 0. The van der Waals surface area contributed by atoms with E-state index in [-0.39, 0.29) is 5.56 Å². The van der Waals surface area contributed by atoms with Crippen molar-refractivity contribution in [3.63, 3.8) is 0 Å². The molecule has 0 aliphatic rings. The monoisotopic (exact) mass is 334 g/mol. The summed E-state index contributed by atoms with van der Waals surface area (Å²) in [5.74, 6) is -3.04. The minimum atomic E-state index is -4.42. The number of carboxylic acid groups (broad SMARTS) is 1. The van der Waals surface area contributed by atoms with E-state index in [9.17, 15) is 27.7 Å². The van der Waals surface area contributed by atoms with Gasteiger partial charge >= 0.3 is 5.97 Å². The van der Waals surface area contributed by atoms with E-state index in [4.69, 9.17) is 5.11 Å². The first-order chi connectivity index (χ1) is 9.97. The molecule has 1 atom stereocenters. The maximum atomic E-state index is 13.7. The number of sulfonamides is 1. The van der Waals surface area contributed by atoms with E-state index >= 15 is 0 Å². The predicted molar refractivity (Wildman–Crippen MR) is 74.4 cm³/mol. The van der Waals surface area contributed by atoms with Crippen molar-refractivity contribution >= 4 is 21.7 Å². The molecule has 0 radical (unpaired) electrons. The molecule has 0 saturated carbocycles. The van der Waals surface area contributed by atoms with Crippen LogP contribution in [0.2, 0.25) is 0 Å². The van der Waals surface area contributed by atoms with Gasteiger partial charge in [-0.25, -0.2) is 12.8 Å². The number of carboxylic acids is 1. The molecule has 1 unspecified atom stereocenters. The number of nitro groups is 1. The Bertz CT molecular complexity index is 717. The fraction of sp³-hybridized carbons (Fsp3) is 0.417. The van der Waals surface area contributed by atoms with Gasteiger partial charge in [-0.2, -0.15) is 4.72 Å². The molecular weight excluding hydrogens is 319 g/mol. The van der Waals surface area contributed by atoms with Crippen LogP contribution in [-0.4, -0.2) is 30.5 Å². The number of carbonyl (C=O) groups is 1. The summed E-state index contributed by atoms with van der Waals surface area (Å²) in [6, 6.07) is -0.127. The van der Waals surface area contributed by atoms with Gasteiger partial charge in [0.2, 0.25) is 10.0 Å². The van der Waals surface area contributed by atoms with Crippen LogP contribution in [-0.2, 0) is 14.8 Å². The molecule has 1 aromatic rings. The van der Waals surface area contributed by atoms with Crippen molar-refractivity contribution in [3.05, 3.63) is 33.6 Å². The SMILES string of the molecule is Cc1c(F)cc(S(=O)(=O)NC(C(=O)O)C(C)C)cc1[N+](=O)[O-]. The van der Waals surface area contributed by atoms with Crippen LogP contribution in [0.15, 0.2) is 17.0 Å². The number of nitrogens with zero attached hydrogens (tertiary/aromatic N) is 1. The van der Waals surface area contributed by atoms with Gasteiger partial charge in [-0.05, 0) is 18.9 Å². The standard InChI is InChI=1S/C12H15FN2O6S/c1-6(2)11(12(16)17)14-22(20,21)8-4-9(13)7(3)10(5-8)15(18)19/h4-6,11,14H,1-3H3,(H,16,17). The van der Waals surface area contributed by atoms with E-state index in [1.165, 1.54) is 13.8 Å². The van der Waals surface area contributed by atoms with Crippen molar-refractivity contribution in [3.8, 4) is 0 Å². The van der Waals surface area contributed by atoms with E-state index < -0.39 is 49.3 Å². The van der Waals surface area contributed by atoms with E-state index in [0.717, 1.165) is 6.92 Å². The fourth-order valence-corrected chi connectivity index (χ4v) is 3.06. The van der Waals surface area contributed by atoms with Crippen LogP contribution < -0.4 is 4.72 Å². The number of hydrogen-bond acceptors (Lipinski definition) is 5. The Morgan fingerprint density at radius 2 is 1.95 bits per heavy atom. The van der Waals surface area contributed by atoms with Gasteiger partial charge in [-0.15, -0.1) is 0 Å². The van der Waals surface area contributed by atoms with Crippen molar-refractivity contribution in [2.75, 3.05) is 0 Å². The average molecular weight is 334 g/mol. The summed E-state index contributed by atoms with van der Waals surface area (Å²) in [4.78, 5) is 20.3. The van der Waals surface area contributed by atoms with Crippen LogP contribution in [0.4, 0.5) is 10.1 Å². The lowest BCUT2D eigenvalue weighted by molar-refractivity contribution is -0.385. The molecule has 0 spiro atoms. The van der Waals surface area contributed by atoms with Crippen molar-refractivity contribution < 1.29 is 27.6 Å². The lowest BCUT2D eigenvalue weighted by Gasteiger charge is -2.18. The number of aliphatic carboxylic acids is 1. The maximum absolute atomic E-state index is 13.7. The van der Waals surface area contributed by atoms with Crippen LogP contribution >= 0.6 is 0 Å². The minimum Gasteiger partial charge on any atom is -0.480 e. The first-order valence-corrected chi connectivity index (χ1v) is 7.65. The topological polar surface area (TPSA) is 127 Å². The van der Waals surface area contributed by atoms with Crippen LogP contribution in [0.3, 0.4) is 0 Å². The summed E-state index contributed by atoms with van der Waals surface area (Å²) in [7, 11) is -4.42. The summed E-state index contributed by atoms with van der Waals surface area (Å²) in [6.07, 6.45) is 0. The van der Waals surface area contributed by atoms with Gasteiger partial charge in [0.05, 0.1) is 15.4 Å². The highest BCUT2D eigenvalue weighted by molar-refractivity contribution is 7.89. The quantitative estimate of drug-likeness (QED) is 0.598. The van der Waals surface area contributed by atoms with E-state index in [1.54, 1.807) is 0 Å². The molecule has 0 saturated heterocycles. The number of hydrogen-bond donors (Lipinski definition) is 2. The highest BCUT2D eigenvalue weighted by atomic mass is 32.2. The highest BCUT2D eigenvalue weighted by Gasteiger charge is 2.30. The van der Waals surface area contributed by atoms with E-state index in [2.05, 4.69) is 0 Å². The lowest BCUT2D eigenvalue weighted by atomic mass is 10.1. The Balaban J connectivity index is 3.35. The molecule has 0 aliphatic carbocycles. The van der Waals surface area contributed by atoms with Gasteiger partial charge in [-0.3, -0.25) is 14.9 Å². The van der Waals surface area contributed by atoms with E-state index in [0.29, 0.717) is 12.1 Å². The zero-order valence-corrected chi connectivity index (χ0v) is 12.8. The normalized spacial score (nSPS) is 13.1. The van der Waals surface area contributed by atoms with Crippen LogP contribution in [0, 0.1) is 28.8 Å². The molecule has 10 heteroatoms. The Hall–Kier alpha value is -2.07. The molecule has 0 bridgehead atoms. The maximum Gasteiger partial charge on any atom is 0.322 e. The van der Waals surface area contributed by atoms with Gasteiger partial charge in [0.1, 0.15) is 11.9 Å². The first kappa shape index (κ1) is 18.0. The lowest BCUT2D eigenvalue weighted by Crippen LogP contribution is -2.44. The Labute approximate surface area is 126 Å². The third kappa shape index (κ3) is 3.77. The molecular formula is C12H15FN2O6S. The van der Waals surface area contributed by atoms with Gasteiger partial charge < -0.3 is 5.11 Å². The third-order valence-electron chi connectivity index (χ3n) is 3.01. The number of nitro benzene ring substituents is 1. The van der Waals surface area contributed by atoms with Crippen molar-refractivity contribution in [1.29, 1.82) is 0 Å². The summed E-state index contributed by atoms with van der Waals surface area (Å²) in [6.45, 7) is 4.12. The zero-order chi connectivity index (χ0) is 17.2. The van der Waals surface area contributed by atoms with Crippen molar-refractivity contribution in [2.45, 2.75) is 31.7 Å². The van der Waals surface area contributed by atoms with Crippen molar-refractivity contribution in [2.24, 2.45) is 5.92 Å². The molecule has 0 fully saturated rings. The second kappa shape index (κ2) is 6.36. The fourth-order valence-electron chi connectivity index (χ4n) is 1.69. The van der Waals surface area contributed by atoms with E-state index in [1.807, 2.05) is 4.72 Å². The molecule has 0 amide bonds. The molecule has 0 aromatic heterocycles. The summed E-state index contributed by atoms with van der Waals surface area (Å²) in [5.41, 5.74) is -1.00. The Morgan fingerprint density at radius 3 is 2.36 bits per heavy atom. The molecule has 1 rings (SSSR count). The predicted octanol–water partition coefficient (Wildman–Crippen LogP) is 1.43. The van der Waals surface area contributed by atoms with Gasteiger partial charge in [0, 0.05) is 6.07 Å². The Kier molecular flexibility index (Phi) is 5.20. The molecule has 122 valence electrons.